The molecule has 0 aromatic carbocycles. The molecule has 88 valence electrons. The predicted octanol–water partition coefficient (Wildman–Crippen LogP) is 2.72. The Kier molecular flexibility index (Phi) is 4.45. The fourth-order valence-corrected chi connectivity index (χ4v) is 3.02. The van der Waals surface area contributed by atoms with Crippen molar-refractivity contribution in [2.24, 2.45) is 5.92 Å². The van der Waals surface area contributed by atoms with E-state index < -0.39 is 0 Å². The van der Waals surface area contributed by atoms with Crippen molar-refractivity contribution in [3.05, 3.63) is 0 Å². The number of rotatable bonds is 4. The first-order valence-electron chi connectivity index (χ1n) is 6.74. The number of nitrogens with one attached hydrogen (secondary N) is 1. The monoisotopic (exact) mass is 211 g/mol. The molecule has 1 saturated heterocycles. The first-order chi connectivity index (χ1) is 7.38. The highest BCUT2D eigenvalue weighted by Crippen LogP contribution is 2.30. The van der Waals surface area contributed by atoms with E-state index in [4.69, 9.17) is 4.74 Å². The van der Waals surface area contributed by atoms with Crippen LogP contribution in [0, 0.1) is 5.92 Å². The van der Waals surface area contributed by atoms with Gasteiger partial charge in [-0.15, -0.1) is 0 Å². The van der Waals surface area contributed by atoms with Crippen molar-refractivity contribution in [3.63, 3.8) is 0 Å². The predicted molar refractivity (Wildman–Crippen MR) is 63.0 cm³/mol. The second kappa shape index (κ2) is 5.86. The summed E-state index contributed by atoms with van der Waals surface area (Å²) in [6.45, 7) is 4.38. The SMILES string of the molecule is CCCC1CNCC(CC2CCCC2)O1. The molecule has 2 aliphatic rings. The molecule has 1 N–H and O–H groups in total. The Balaban J connectivity index is 1.71. The lowest BCUT2D eigenvalue weighted by atomic mass is 9.99. The van der Waals surface area contributed by atoms with Crippen LogP contribution in [0.1, 0.15) is 51.9 Å². The van der Waals surface area contributed by atoms with Crippen LogP contribution in [0.3, 0.4) is 0 Å². The molecular formula is C13H25NO. The smallest absolute Gasteiger partial charge is 0.0706 e. The highest BCUT2D eigenvalue weighted by Gasteiger charge is 2.25. The van der Waals surface area contributed by atoms with Crippen molar-refractivity contribution in [2.75, 3.05) is 13.1 Å². The molecule has 2 nitrogen and oxygen atoms in total. The molecule has 1 aliphatic carbocycles. The van der Waals surface area contributed by atoms with Crippen LogP contribution in [-0.4, -0.2) is 25.3 Å². The molecule has 0 aromatic heterocycles. The van der Waals surface area contributed by atoms with Crippen LogP contribution in [0.25, 0.3) is 0 Å². The summed E-state index contributed by atoms with van der Waals surface area (Å²) < 4.78 is 6.13. The zero-order valence-corrected chi connectivity index (χ0v) is 10.0. The minimum atomic E-state index is 0.482. The average Bonchev–Trinajstić information content (AvgIpc) is 2.71. The van der Waals surface area contributed by atoms with Gasteiger partial charge in [-0.2, -0.15) is 0 Å². The zero-order valence-electron chi connectivity index (χ0n) is 10.0. The van der Waals surface area contributed by atoms with Gasteiger partial charge < -0.3 is 10.1 Å². The van der Waals surface area contributed by atoms with Crippen LogP contribution in [0.4, 0.5) is 0 Å². The van der Waals surface area contributed by atoms with Crippen molar-refractivity contribution in [1.82, 2.24) is 5.32 Å². The van der Waals surface area contributed by atoms with Crippen molar-refractivity contribution >= 4 is 0 Å². The van der Waals surface area contributed by atoms with E-state index in [9.17, 15) is 0 Å². The molecule has 0 bridgehead atoms. The van der Waals surface area contributed by atoms with E-state index in [2.05, 4.69) is 12.2 Å². The van der Waals surface area contributed by atoms with Gasteiger partial charge in [0.15, 0.2) is 0 Å². The first kappa shape index (κ1) is 11.4. The summed E-state index contributed by atoms with van der Waals surface area (Å²) in [6.07, 6.45) is 10.5. The summed E-state index contributed by atoms with van der Waals surface area (Å²) in [4.78, 5) is 0. The molecule has 1 heterocycles. The van der Waals surface area contributed by atoms with Crippen LogP contribution in [0.2, 0.25) is 0 Å². The highest BCUT2D eigenvalue weighted by atomic mass is 16.5. The molecule has 15 heavy (non-hydrogen) atoms. The van der Waals surface area contributed by atoms with Gasteiger partial charge in [0.05, 0.1) is 12.2 Å². The molecular weight excluding hydrogens is 186 g/mol. The van der Waals surface area contributed by atoms with Gasteiger partial charge >= 0.3 is 0 Å². The molecule has 0 spiro atoms. The molecule has 2 fully saturated rings. The normalized spacial score (nSPS) is 33.4. The van der Waals surface area contributed by atoms with Gasteiger partial charge in [-0.05, 0) is 18.8 Å². The van der Waals surface area contributed by atoms with Gasteiger partial charge in [0.2, 0.25) is 0 Å². The van der Waals surface area contributed by atoms with Gasteiger partial charge in [0, 0.05) is 13.1 Å². The molecule has 1 saturated carbocycles. The number of ether oxygens (including phenoxy) is 1. The van der Waals surface area contributed by atoms with Crippen molar-refractivity contribution < 1.29 is 4.74 Å². The largest absolute Gasteiger partial charge is 0.372 e. The Morgan fingerprint density at radius 2 is 1.87 bits per heavy atom. The summed E-state index contributed by atoms with van der Waals surface area (Å²) in [7, 11) is 0. The van der Waals surface area contributed by atoms with E-state index in [-0.39, 0.29) is 0 Å². The summed E-state index contributed by atoms with van der Waals surface area (Å²) in [6, 6.07) is 0. The maximum atomic E-state index is 6.13. The molecule has 0 amide bonds. The van der Waals surface area contributed by atoms with Crippen LogP contribution < -0.4 is 5.32 Å². The lowest BCUT2D eigenvalue weighted by Crippen LogP contribution is -2.45. The Labute approximate surface area is 93.8 Å². The molecule has 2 atom stereocenters. The zero-order chi connectivity index (χ0) is 10.5. The molecule has 2 unspecified atom stereocenters. The maximum Gasteiger partial charge on any atom is 0.0706 e. The minimum Gasteiger partial charge on any atom is -0.372 e. The lowest BCUT2D eigenvalue weighted by Gasteiger charge is -2.32. The molecule has 2 rings (SSSR count). The van der Waals surface area contributed by atoms with Crippen LogP contribution >= 0.6 is 0 Å². The summed E-state index contributed by atoms with van der Waals surface area (Å²) in [5, 5.41) is 3.52. The quantitative estimate of drug-likeness (QED) is 0.772. The standard InChI is InChI=1S/C13H25NO/c1-2-5-12-9-14-10-13(15-12)8-11-6-3-4-7-11/h11-14H,2-10H2,1H3. The second-order valence-corrected chi connectivity index (χ2v) is 5.21. The van der Waals surface area contributed by atoms with Gasteiger partial charge in [0.25, 0.3) is 0 Å². The van der Waals surface area contributed by atoms with Crippen LogP contribution in [0.15, 0.2) is 0 Å². The van der Waals surface area contributed by atoms with Gasteiger partial charge in [-0.3, -0.25) is 0 Å². The Hall–Kier alpha value is -0.0800. The fraction of sp³-hybridized carbons (Fsp3) is 1.00. The van der Waals surface area contributed by atoms with Crippen LogP contribution in [-0.2, 0) is 4.74 Å². The van der Waals surface area contributed by atoms with E-state index in [1.807, 2.05) is 0 Å². The number of morpholine rings is 1. The summed E-state index contributed by atoms with van der Waals surface area (Å²) in [5.41, 5.74) is 0. The first-order valence-corrected chi connectivity index (χ1v) is 6.74. The second-order valence-electron chi connectivity index (χ2n) is 5.21. The summed E-state index contributed by atoms with van der Waals surface area (Å²) >= 11 is 0. The topological polar surface area (TPSA) is 21.3 Å². The van der Waals surface area contributed by atoms with Crippen molar-refractivity contribution in [2.45, 2.75) is 64.1 Å². The van der Waals surface area contributed by atoms with Crippen molar-refractivity contribution in [1.29, 1.82) is 0 Å². The summed E-state index contributed by atoms with van der Waals surface area (Å²) in [5.74, 6) is 0.956. The molecule has 2 heteroatoms. The Morgan fingerprint density at radius 1 is 1.13 bits per heavy atom. The van der Waals surface area contributed by atoms with Gasteiger partial charge in [-0.1, -0.05) is 39.0 Å². The molecule has 1 aliphatic heterocycles. The van der Waals surface area contributed by atoms with Gasteiger partial charge in [-0.25, -0.2) is 0 Å². The fourth-order valence-electron chi connectivity index (χ4n) is 3.02. The van der Waals surface area contributed by atoms with E-state index in [0.717, 1.165) is 19.0 Å². The average molecular weight is 211 g/mol. The highest BCUT2D eigenvalue weighted by molar-refractivity contribution is 4.78. The van der Waals surface area contributed by atoms with Crippen LogP contribution in [0.5, 0.6) is 0 Å². The third-order valence-electron chi connectivity index (χ3n) is 3.81. The Bertz CT molecular complexity index is 175. The van der Waals surface area contributed by atoms with Gasteiger partial charge in [0.1, 0.15) is 0 Å². The minimum absolute atomic E-state index is 0.482. The van der Waals surface area contributed by atoms with E-state index in [1.165, 1.54) is 44.9 Å². The third kappa shape index (κ3) is 3.46. The van der Waals surface area contributed by atoms with E-state index >= 15 is 0 Å². The maximum absolute atomic E-state index is 6.13. The number of hydrogen-bond acceptors (Lipinski definition) is 2. The molecule has 0 aromatic rings. The van der Waals surface area contributed by atoms with E-state index in [0.29, 0.717) is 12.2 Å². The Morgan fingerprint density at radius 3 is 2.60 bits per heavy atom. The third-order valence-corrected chi connectivity index (χ3v) is 3.81. The van der Waals surface area contributed by atoms with Crippen molar-refractivity contribution in [3.8, 4) is 0 Å². The number of hydrogen-bond donors (Lipinski definition) is 1. The van der Waals surface area contributed by atoms with E-state index in [1.54, 1.807) is 0 Å². The molecule has 0 radical (unpaired) electrons. The lowest BCUT2D eigenvalue weighted by molar-refractivity contribution is -0.0504.